The second-order valence-electron chi connectivity index (χ2n) is 6.43. The molecule has 1 N–H and O–H groups in total. The molecule has 0 aliphatic carbocycles. The van der Waals surface area contributed by atoms with E-state index >= 15 is 0 Å². The third-order valence-electron chi connectivity index (χ3n) is 4.47. The molecule has 0 saturated carbocycles. The third kappa shape index (κ3) is 3.72. The molecular formula is C20H18FN5O3. The first kappa shape index (κ1) is 18.8. The summed E-state index contributed by atoms with van der Waals surface area (Å²) in [5.74, 6) is -0.834. The number of esters is 1. The normalized spacial score (nSPS) is 13.1. The minimum atomic E-state index is -0.542. The van der Waals surface area contributed by atoms with Crippen molar-refractivity contribution in [1.29, 1.82) is 0 Å². The zero-order chi connectivity index (χ0) is 20.4. The van der Waals surface area contributed by atoms with Crippen molar-refractivity contribution in [3.05, 3.63) is 54.6 Å². The first-order valence-corrected chi connectivity index (χ1v) is 9.01. The summed E-state index contributed by atoms with van der Waals surface area (Å²) in [4.78, 5) is 27.9. The van der Waals surface area contributed by atoms with Gasteiger partial charge in [-0.25, -0.2) is 19.5 Å². The van der Waals surface area contributed by atoms with Crippen LogP contribution in [0, 0.1) is 5.82 Å². The van der Waals surface area contributed by atoms with Crippen LogP contribution in [-0.2, 0) is 20.9 Å². The van der Waals surface area contributed by atoms with Gasteiger partial charge < -0.3 is 4.74 Å². The highest BCUT2D eigenvalue weighted by atomic mass is 19.1. The maximum absolute atomic E-state index is 13.5. The quantitative estimate of drug-likeness (QED) is 0.681. The van der Waals surface area contributed by atoms with Crippen LogP contribution in [0.2, 0.25) is 0 Å². The molecule has 148 valence electrons. The van der Waals surface area contributed by atoms with Crippen LogP contribution in [0.15, 0.2) is 48.8 Å². The van der Waals surface area contributed by atoms with Gasteiger partial charge >= 0.3 is 5.97 Å². The molecule has 0 atom stereocenters. The number of aromatic nitrogens is 3. The Kier molecular flexibility index (Phi) is 5.05. The molecule has 0 fully saturated rings. The van der Waals surface area contributed by atoms with Crippen molar-refractivity contribution in [1.82, 2.24) is 20.2 Å². The third-order valence-corrected chi connectivity index (χ3v) is 4.47. The van der Waals surface area contributed by atoms with Gasteiger partial charge in [-0.3, -0.25) is 14.6 Å². The van der Waals surface area contributed by atoms with E-state index in [1.54, 1.807) is 29.2 Å². The number of carbonyl (C=O) groups excluding carboxylic acids is 2. The number of benzene rings is 1. The first-order chi connectivity index (χ1) is 14.0. The predicted octanol–water partition coefficient (Wildman–Crippen LogP) is 2.17. The number of hydrazine groups is 1. The standard InChI is InChI=1S/C20H18FN5O3/c1-13(27)29-12-17(28)26-20-18(14-2-4-16(21)5-3-14)19(15-6-8-22-9-7-15)24-25(20)11-10-23-26/h2-9,23H,10-12H2,1H3. The fraction of sp³-hybridized carbons (Fsp3) is 0.200. The summed E-state index contributed by atoms with van der Waals surface area (Å²) < 4.78 is 20.1. The van der Waals surface area contributed by atoms with E-state index in [0.717, 1.165) is 5.56 Å². The van der Waals surface area contributed by atoms with Crippen molar-refractivity contribution in [2.24, 2.45) is 0 Å². The second kappa shape index (κ2) is 7.80. The van der Waals surface area contributed by atoms with Crippen molar-refractivity contribution in [2.75, 3.05) is 18.2 Å². The molecule has 0 radical (unpaired) electrons. The second-order valence-corrected chi connectivity index (χ2v) is 6.43. The number of hydrogen-bond acceptors (Lipinski definition) is 6. The predicted molar refractivity (Wildman–Crippen MR) is 103 cm³/mol. The van der Waals surface area contributed by atoms with Crippen LogP contribution in [0.1, 0.15) is 6.92 Å². The van der Waals surface area contributed by atoms with Crippen LogP contribution < -0.4 is 10.4 Å². The van der Waals surface area contributed by atoms with Gasteiger partial charge in [0, 0.05) is 31.4 Å². The molecule has 29 heavy (non-hydrogen) atoms. The Bertz CT molecular complexity index is 1050. The number of anilines is 1. The lowest BCUT2D eigenvalue weighted by Gasteiger charge is -2.29. The van der Waals surface area contributed by atoms with E-state index in [9.17, 15) is 14.0 Å². The van der Waals surface area contributed by atoms with Gasteiger partial charge in [-0.15, -0.1) is 0 Å². The zero-order valence-electron chi connectivity index (χ0n) is 15.6. The van der Waals surface area contributed by atoms with E-state index in [2.05, 4.69) is 10.4 Å². The van der Waals surface area contributed by atoms with Gasteiger partial charge in [0.2, 0.25) is 0 Å². The Morgan fingerprint density at radius 3 is 2.55 bits per heavy atom. The van der Waals surface area contributed by atoms with E-state index in [1.807, 2.05) is 12.1 Å². The van der Waals surface area contributed by atoms with E-state index in [-0.39, 0.29) is 5.82 Å². The number of nitrogens with one attached hydrogen (secondary N) is 1. The number of nitrogens with zero attached hydrogens (tertiary/aromatic N) is 4. The zero-order valence-corrected chi connectivity index (χ0v) is 15.6. The summed E-state index contributed by atoms with van der Waals surface area (Å²) in [6.07, 6.45) is 3.31. The largest absolute Gasteiger partial charge is 0.456 e. The van der Waals surface area contributed by atoms with Gasteiger partial charge in [-0.1, -0.05) is 12.1 Å². The van der Waals surface area contributed by atoms with Crippen LogP contribution in [0.25, 0.3) is 22.4 Å². The van der Waals surface area contributed by atoms with Crippen molar-refractivity contribution in [2.45, 2.75) is 13.5 Å². The molecule has 8 nitrogen and oxygen atoms in total. The topological polar surface area (TPSA) is 89.4 Å². The van der Waals surface area contributed by atoms with E-state index in [1.165, 1.54) is 24.1 Å². The lowest BCUT2D eigenvalue weighted by atomic mass is 10.0. The number of amides is 1. The van der Waals surface area contributed by atoms with Crippen LogP contribution in [0.4, 0.5) is 10.2 Å². The fourth-order valence-corrected chi connectivity index (χ4v) is 3.21. The number of halogens is 1. The van der Waals surface area contributed by atoms with Crippen LogP contribution in [0.5, 0.6) is 0 Å². The van der Waals surface area contributed by atoms with Gasteiger partial charge in [0.25, 0.3) is 5.91 Å². The molecule has 1 aliphatic rings. The molecule has 0 spiro atoms. The van der Waals surface area contributed by atoms with Crippen LogP contribution in [-0.4, -0.2) is 39.8 Å². The molecule has 3 aromatic rings. The molecule has 0 unspecified atom stereocenters. The SMILES string of the molecule is CC(=O)OCC(=O)N1NCCn2nc(-c3ccncc3)c(-c3ccc(F)cc3)c21. The van der Waals surface area contributed by atoms with E-state index < -0.39 is 18.5 Å². The molecule has 4 rings (SSSR count). The molecule has 9 heteroatoms. The lowest BCUT2D eigenvalue weighted by molar-refractivity contribution is -0.145. The smallest absolute Gasteiger partial charge is 0.303 e. The number of ether oxygens (including phenoxy) is 1. The molecule has 1 aromatic carbocycles. The van der Waals surface area contributed by atoms with Crippen LogP contribution >= 0.6 is 0 Å². The van der Waals surface area contributed by atoms with Gasteiger partial charge in [0.1, 0.15) is 11.5 Å². The number of carbonyl (C=O) groups is 2. The maximum atomic E-state index is 13.5. The number of hydrogen-bond donors (Lipinski definition) is 1. The molecule has 2 aromatic heterocycles. The average Bonchev–Trinajstić information content (AvgIpc) is 3.13. The van der Waals surface area contributed by atoms with Gasteiger partial charge in [-0.2, -0.15) is 5.10 Å². The summed E-state index contributed by atoms with van der Waals surface area (Å²) in [6.45, 7) is 1.85. The summed E-state index contributed by atoms with van der Waals surface area (Å²) in [5.41, 5.74) is 5.85. The molecule has 0 saturated heterocycles. The van der Waals surface area contributed by atoms with Crippen molar-refractivity contribution in [3.63, 3.8) is 0 Å². The van der Waals surface area contributed by atoms with E-state index in [0.29, 0.717) is 35.7 Å². The fourth-order valence-electron chi connectivity index (χ4n) is 3.21. The summed E-state index contributed by atoms with van der Waals surface area (Å²) in [7, 11) is 0. The molecule has 0 bridgehead atoms. The van der Waals surface area contributed by atoms with Crippen molar-refractivity contribution in [3.8, 4) is 22.4 Å². The summed E-state index contributed by atoms with van der Waals surface area (Å²) in [5, 5.41) is 6.04. The Morgan fingerprint density at radius 1 is 1.14 bits per heavy atom. The maximum Gasteiger partial charge on any atom is 0.303 e. The first-order valence-electron chi connectivity index (χ1n) is 9.01. The number of fused-ring (bicyclic) bond motifs is 1. The molecule has 3 heterocycles. The highest BCUT2D eigenvalue weighted by Gasteiger charge is 2.31. The lowest BCUT2D eigenvalue weighted by Crippen LogP contribution is -2.50. The summed E-state index contributed by atoms with van der Waals surface area (Å²) >= 11 is 0. The Morgan fingerprint density at radius 2 is 1.86 bits per heavy atom. The average molecular weight is 395 g/mol. The van der Waals surface area contributed by atoms with Gasteiger partial charge in [0.05, 0.1) is 12.1 Å². The van der Waals surface area contributed by atoms with Crippen molar-refractivity contribution >= 4 is 17.7 Å². The number of pyridine rings is 1. The molecule has 1 aliphatic heterocycles. The molecule has 1 amide bonds. The van der Waals surface area contributed by atoms with Crippen molar-refractivity contribution < 1.29 is 18.7 Å². The summed E-state index contributed by atoms with van der Waals surface area (Å²) in [6, 6.07) is 9.63. The van der Waals surface area contributed by atoms with Gasteiger partial charge in [0.15, 0.2) is 12.4 Å². The minimum absolute atomic E-state index is 0.360. The highest BCUT2D eigenvalue weighted by molar-refractivity contribution is 6.00. The highest BCUT2D eigenvalue weighted by Crippen LogP contribution is 2.40. The minimum Gasteiger partial charge on any atom is -0.456 e. The van der Waals surface area contributed by atoms with Gasteiger partial charge in [-0.05, 0) is 29.8 Å². The Labute approximate surface area is 165 Å². The van der Waals surface area contributed by atoms with E-state index in [4.69, 9.17) is 9.84 Å². The Balaban J connectivity index is 1.87. The monoisotopic (exact) mass is 395 g/mol. The Hall–Kier alpha value is -3.59. The molecular weight excluding hydrogens is 377 g/mol. The van der Waals surface area contributed by atoms with Crippen LogP contribution in [0.3, 0.4) is 0 Å². The number of rotatable bonds is 4.